The predicted octanol–water partition coefficient (Wildman–Crippen LogP) is 5.13. The summed E-state index contributed by atoms with van der Waals surface area (Å²) in [5, 5.41) is 10.5. The van der Waals surface area contributed by atoms with Gasteiger partial charge in [0.25, 0.3) is 0 Å². The minimum atomic E-state index is -0.739. The lowest BCUT2D eigenvalue weighted by molar-refractivity contribution is 0.222. The number of hydrogen-bond acceptors (Lipinski definition) is 4. The van der Waals surface area contributed by atoms with E-state index in [2.05, 4.69) is 47.8 Å². The van der Waals surface area contributed by atoms with Crippen molar-refractivity contribution in [2.45, 2.75) is 6.10 Å². The Labute approximate surface area is 146 Å². The molecule has 0 aliphatic carbocycles. The van der Waals surface area contributed by atoms with E-state index in [1.807, 2.05) is 6.07 Å². The summed E-state index contributed by atoms with van der Waals surface area (Å²) in [6.07, 6.45) is -0.739. The normalized spacial score (nSPS) is 12.3. The Balaban J connectivity index is 2.46. The van der Waals surface area contributed by atoms with Gasteiger partial charge in [0.1, 0.15) is 6.10 Å². The first-order valence-electron chi connectivity index (χ1n) is 5.52. The van der Waals surface area contributed by atoms with E-state index < -0.39 is 6.10 Å². The SMILES string of the molecule is COc1cc(Br)c(C(O)c2cc(Br)c(Br)s2)cc1OC. The average Bonchev–Trinajstić information content (AvgIpc) is 2.77. The standard InChI is InChI=1S/C13H11Br3O3S/c1-18-9-3-6(7(14)4-10(9)19-2)12(17)11-5-8(15)13(16)20-11/h3-5,12,17H,1-2H3. The highest BCUT2D eigenvalue weighted by atomic mass is 79.9. The van der Waals surface area contributed by atoms with E-state index >= 15 is 0 Å². The first kappa shape index (κ1) is 16.3. The number of hydrogen-bond donors (Lipinski definition) is 1. The molecule has 0 radical (unpaired) electrons. The van der Waals surface area contributed by atoms with Crippen molar-refractivity contribution in [3.05, 3.63) is 41.4 Å². The number of aliphatic hydroxyl groups excluding tert-OH is 1. The van der Waals surface area contributed by atoms with E-state index in [9.17, 15) is 5.11 Å². The van der Waals surface area contributed by atoms with Crippen molar-refractivity contribution in [2.75, 3.05) is 14.2 Å². The Morgan fingerprint density at radius 2 is 1.60 bits per heavy atom. The summed E-state index contributed by atoms with van der Waals surface area (Å²) in [6.45, 7) is 0. The van der Waals surface area contributed by atoms with Gasteiger partial charge in [0.05, 0.1) is 18.0 Å². The number of benzene rings is 1. The van der Waals surface area contributed by atoms with Crippen LogP contribution in [0.4, 0.5) is 0 Å². The Hall–Kier alpha value is -0.0800. The maximum absolute atomic E-state index is 10.5. The number of thiophene rings is 1. The molecule has 1 atom stereocenters. The highest BCUT2D eigenvalue weighted by Crippen LogP contribution is 2.42. The average molecular weight is 487 g/mol. The van der Waals surface area contributed by atoms with Gasteiger partial charge in [0.15, 0.2) is 11.5 Å². The van der Waals surface area contributed by atoms with Gasteiger partial charge in [-0.15, -0.1) is 11.3 Å². The zero-order valence-corrected chi connectivity index (χ0v) is 16.2. The van der Waals surface area contributed by atoms with E-state index in [0.717, 1.165) is 23.2 Å². The Morgan fingerprint density at radius 1 is 1.00 bits per heavy atom. The largest absolute Gasteiger partial charge is 0.493 e. The van der Waals surface area contributed by atoms with Crippen LogP contribution in [-0.4, -0.2) is 19.3 Å². The molecule has 1 unspecified atom stereocenters. The topological polar surface area (TPSA) is 38.7 Å². The molecule has 0 bridgehead atoms. The fourth-order valence-electron chi connectivity index (χ4n) is 1.73. The van der Waals surface area contributed by atoms with Crippen molar-refractivity contribution in [2.24, 2.45) is 0 Å². The molecular formula is C13H11Br3O3S. The lowest BCUT2D eigenvalue weighted by Crippen LogP contribution is -2.00. The molecule has 0 aliphatic heterocycles. The quantitative estimate of drug-likeness (QED) is 0.650. The molecule has 0 fully saturated rings. The number of rotatable bonds is 4. The molecule has 0 spiro atoms. The van der Waals surface area contributed by atoms with Crippen LogP contribution < -0.4 is 9.47 Å². The van der Waals surface area contributed by atoms with Crippen LogP contribution in [0.3, 0.4) is 0 Å². The van der Waals surface area contributed by atoms with Crippen molar-refractivity contribution in [1.82, 2.24) is 0 Å². The summed E-state index contributed by atoms with van der Waals surface area (Å²) in [4.78, 5) is 0.830. The minimum Gasteiger partial charge on any atom is -0.493 e. The second kappa shape index (κ2) is 6.79. The van der Waals surface area contributed by atoms with Crippen molar-refractivity contribution in [1.29, 1.82) is 0 Å². The summed E-state index contributed by atoms with van der Waals surface area (Å²) in [5.41, 5.74) is 0.726. The molecule has 7 heteroatoms. The third-order valence-corrected chi connectivity index (χ3v) is 6.73. The van der Waals surface area contributed by atoms with E-state index in [0.29, 0.717) is 11.5 Å². The van der Waals surface area contributed by atoms with Crippen LogP contribution in [0, 0.1) is 0 Å². The maximum atomic E-state index is 10.5. The second-order valence-corrected chi connectivity index (χ2v) is 8.01. The molecule has 0 saturated carbocycles. The first-order chi connectivity index (χ1) is 9.47. The molecule has 1 aromatic carbocycles. The van der Waals surface area contributed by atoms with Gasteiger partial charge in [-0.05, 0) is 50.1 Å². The zero-order chi connectivity index (χ0) is 14.9. The van der Waals surface area contributed by atoms with Crippen LogP contribution in [0.5, 0.6) is 11.5 Å². The molecule has 0 saturated heterocycles. The molecule has 108 valence electrons. The monoisotopic (exact) mass is 484 g/mol. The molecule has 0 aliphatic rings. The smallest absolute Gasteiger partial charge is 0.161 e. The molecule has 20 heavy (non-hydrogen) atoms. The zero-order valence-electron chi connectivity index (χ0n) is 10.6. The van der Waals surface area contributed by atoms with Crippen molar-refractivity contribution in [3.63, 3.8) is 0 Å². The lowest BCUT2D eigenvalue weighted by atomic mass is 10.1. The van der Waals surface area contributed by atoms with Crippen molar-refractivity contribution < 1.29 is 14.6 Å². The summed E-state index contributed by atoms with van der Waals surface area (Å²) in [5.74, 6) is 1.20. The van der Waals surface area contributed by atoms with Crippen LogP contribution >= 0.6 is 59.1 Å². The van der Waals surface area contributed by atoms with E-state index in [1.54, 1.807) is 26.4 Å². The molecule has 2 rings (SSSR count). The number of ether oxygens (including phenoxy) is 2. The summed E-state index contributed by atoms with van der Waals surface area (Å²) < 4.78 is 13.1. The van der Waals surface area contributed by atoms with Gasteiger partial charge < -0.3 is 14.6 Å². The van der Waals surface area contributed by atoms with Gasteiger partial charge in [0.2, 0.25) is 0 Å². The highest BCUT2D eigenvalue weighted by Gasteiger charge is 2.20. The Bertz CT molecular complexity index is 608. The van der Waals surface area contributed by atoms with Gasteiger partial charge in [0, 0.05) is 19.4 Å². The van der Waals surface area contributed by atoms with Crippen LogP contribution in [0.25, 0.3) is 0 Å². The Morgan fingerprint density at radius 3 is 2.10 bits per heavy atom. The van der Waals surface area contributed by atoms with Crippen LogP contribution in [0.15, 0.2) is 30.9 Å². The van der Waals surface area contributed by atoms with Gasteiger partial charge in [-0.25, -0.2) is 0 Å². The minimum absolute atomic E-state index is 0.583. The van der Waals surface area contributed by atoms with E-state index in [-0.39, 0.29) is 0 Å². The van der Waals surface area contributed by atoms with Gasteiger partial charge in [-0.2, -0.15) is 0 Å². The van der Waals surface area contributed by atoms with Gasteiger partial charge in [-0.1, -0.05) is 15.9 Å². The van der Waals surface area contributed by atoms with E-state index in [1.165, 1.54) is 11.3 Å². The molecule has 1 N–H and O–H groups in total. The molecule has 1 aromatic heterocycles. The molecule has 2 aromatic rings. The number of aliphatic hydroxyl groups is 1. The van der Waals surface area contributed by atoms with Crippen molar-refractivity contribution in [3.8, 4) is 11.5 Å². The summed E-state index contributed by atoms with van der Waals surface area (Å²) in [7, 11) is 3.15. The molecule has 0 amide bonds. The summed E-state index contributed by atoms with van der Waals surface area (Å²) in [6, 6.07) is 5.45. The third kappa shape index (κ3) is 3.22. The number of halogens is 3. The molecule has 1 heterocycles. The number of methoxy groups -OCH3 is 2. The first-order valence-corrected chi connectivity index (χ1v) is 8.71. The lowest BCUT2D eigenvalue weighted by Gasteiger charge is -2.15. The van der Waals surface area contributed by atoms with Gasteiger partial charge >= 0.3 is 0 Å². The van der Waals surface area contributed by atoms with Crippen LogP contribution in [0.1, 0.15) is 16.5 Å². The van der Waals surface area contributed by atoms with Crippen LogP contribution in [0.2, 0.25) is 0 Å². The Kier molecular flexibility index (Phi) is 5.53. The molecule has 3 nitrogen and oxygen atoms in total. The predicted molar refractivity (Wildman–Crippen MR) is 91.0 cm³/mol. The fraction of sp³-hybridized carbons (Fsp3) is 0.231. The van der Waals surface area contributed by atoms with Crippen LogP contribution in [-0.2, 0) is 0 Å². The third-order valence-electron chi connectivity index (χ3n) is 2.73. The van der Waals surface area contributed by atoms with E-state index in [4.69, 9.17) is 9.47 Å². The maximum Gasteiger partial charge on any atom is 0.161 e. The molecular weight excluding hydrogens is 476 g/mol. The van der Waals surface area contributed by atoms with Gasteiger partial charge in [-0.3, -0.25) is 0 Å². The summed E-state index contributed by atoms with van der Waals surface area (Å²) >= 11 is 11.8. The second-order valence-electron chi connectivity index (χ2n) is 3.90. The fourth-order valence-corrected chi connectivity index (χ4v) is 4.36. The van der Waals surface area contributed by atoms with Crippen molar-refractivity contribution >= 4 is 59.1 Å². The highest BCUT2D eigenvalue weighted by molar-refractivity contribution is 9.13.